The van der Waals surface area contributed by atoms with Crippen LogP contribution in [0.4, 0.5) is 0 Å². The van der Waals surface area contributed by atoms with Crippen LogP contribution in [0.25, 0.3) is 0 Å². The Bertz CT molecular complexity index is 352. The lowest BCUT2D eigenvalue weighted by molar-refractivity contribution is 0.251. The molecule has 0 amide bonds. The summed E-state index contributed by atoms with van der Waals surface area (Å²) in [6, 6.07) is 7.87. The fourth-order valence-corrected chi connectivity index (χ4v) is 2.69. The SMILES string of the molecule is CCOc1ccccc1OCCC(CBr)CC(C)C. The van der Waals surface area contributed by atoms with Gasteiger partial charge in [-0.3, -0.25) is 0 Å². The van der Waals surface area contributed by atoms with E-state index in [1.54, 1.807) is 0 Å². The average Bonchev–Trinajstić information content (AvgIpc) is 2.39. The average molecular weight is 329 g/mol. The van der Waals surface area contributed by atoms with E-state index < -0.39 is 0 Å². The number of hydrogen-bond donors (Lipinski definition) is 0. The van der Waals surface area contributed by atoms with Crippen LogP contribution >= 0.6 is 15.9 Å². The van der Waals surface area contributed by atoms with E-state index in [1.807, 2.05) is 31.2 Å². The van der Waals surface area contributed by atoms with Gasteiger partial charge in [0, 0.05) is 5.33 Å². The van der Waals surface area contributed by atoms with Crippen molar-refractivity contribution in [2.75, 3.05) is 18.5 Å². The molecule has 1 atom stereocenters. The molecule has 0 spiro atoms. The monoisotopic (exact) mass is 328 g/mol. The van der Waals surface area contributed by atoms with Crippen molar-refractivity contribution in [3.8, 4) is 11.5 Å². The Morgan fingerprint density at radius 3 is 2.26 bits per heavy atom. The molecule has 0 N–H and O–H groups in total. The lowest BCUT2D eigenvalue weighted by atomic mass is 9.96. The summed E-state index contributed by atoms with van der Waals surface area (Å²) >= 11 is 3.59. The number of hydrogen-bond acceptors (Lipinski definition) is 2. The van der Waals surface area contributed by atoms with Gasteiger partial charge in [0.2, 0.25) is 0 Å². The second-order valence-corrected chi connectivity index (χ2v) is 5.81. The van der Waals surface area contributed by atoms with Crippen LogP contribution in [0.3, 0.4) is 0 Å². The first-order chi connectivity index (χ1) is 9.17. The summed E-state index contributed by atoms with van der Waals surface area (Å²) in [6.45, 7) is 7.92. The van der Waals surface area contributed by atoms with Gasteiger partial charge in [-0.05, 0) is 43.7 Å². The highest BCUT2D eigenvalue weighted by molar-refractivity contribution is 9.09. The van der Waals surface area contributed by atoms with Crippen LogP contribution in [0.2, 0.25) is 0 Å². The third-order valence-corrected chi connectivity index (χ3v) is 3.87. The molecule has 1 aromatic rings. The lowest BCUT2D eigenvalue weighted by Gasteiger charge is -2.17. The molecule has 0 heterocycles. The van der Waals surface area contributed by atoms with Gasteiger partial charge in [0.1, 0.15) is 0 Å². The van der Waals surface area contributed by atoms with Gasteiger partial charge in [-0.15, -0.1) is 0 Å². The predicted octanol–water partition coefficient (Wildman–Crippen LogP) is 4.91. The molecule has 0 saturated heterocycles. The van der Waals surface area contributed by atoms with Gasteiger partial charge in [-0.1, -0.05) is 41.9 Å². The molecular formula is C16H25BrO2. The second-order valence-electron chi connectivity index (χ2n) is 5.17. The van der Waals surface area contributed by atoms with Crippen molar-refractivity contribution in [1.82, 2.24) is 0 Å². The number of ether oxygens (including phenoxy) is 2. The van der Waals surface area contributed by atoms with Crippen molar-refractivity contribution >= 4 is 15.9 Å². The summed E-state index contributed by atoms with van der Waals surface area (Å²) < 4.78 is 11.4. The zero-order valence-electron chi connectivity index (χ0n) is 12.2. The molecule has 0 aliphatic rings. The summed E-state index contributed by atoms with van der Waals surface area (Å²) in [5.74, 6) is 3.10. The maximum absolute atomic E-state index is 5.86. The number of benzene rings is 1. The van der Waals surface area contributed by atoms with Gasteiger partial charge < -0.3 is 9.47 Å². The predicted molar refractivity (Wildman–Crippen MR) is 84.5 cm³/mol. The molecule has 1 rings (SSSR count). The summed E-state index contributed by atoms with van der Waals surface area (Å²) in [5.41, 5.74) is 0. The number of para-hydroxylation sites is 2. The number of rotatable bonds is 9. The van der Waals surface area contributed by atoms with E-state index in [9.17, 15) is 0 Å². The molecule has 0 radical (unpaired) electrons. The first kappa shape index (κ1) is 16.4. The molecule has 2 nitrogen and oxygen atoms in total. The molecule has 0 saturated carbocycles. The minimum Gasteiger partial charge on any atom is -0.490 e. The van der Waals surface area contributed by atoms with Crippen LogP contribution in [-0.2, 0) is 0 Å². The molecule has 0 fully saturated rings. The molecule has 1 aromatic carbocycles. The Morgan fingerprint density at radius 2 is 1.74 bits per heavy atom. The van der Waals surface area contributed by atoms with Crippen LogP contribution in [0.1, 0.15) is 33.6 Å². The minimum absolute atomic E-state index is 0.664. The van der Waals surface area contributed by atoms with E-state index in [2.05, 4.69) is 29.8 Å². The summed E-state index contributed by atoms with van der Waals surface area (Å²) in [7, 11) is 0. The van der Waals surface area contributed by atoms with Gasteiger partial charge in [0.15, 0.2) is 11.5 Å². The summed E-state index contributed by atoms with van der Waals surface area (Å²) in [5, 5.41) is 1.04. The lowest BCUT2D eigenvalue weighted by Crippen LogP contribution is -2.11. The van der Waals surface area contributed by atoms with Gasteiger partial charge in [-0.25, -0.2) is 0 Å². The highest BCUT2D eigenvalue weighted by Gasteiger charge is 2.10. The highest BCUT2D eigenvalue weighted by atomic mass is 79.9. The zero-order chi connectivity index (χ0) is 14.1. The standard InChI is InChI=1S/C16H25BrO2/c1-4-18-15-7-5-6-8-16(15)19-10-9-14(12-17)11-13(2)3/h5-8,13-14H,4,9-12H2,1-3H3. The first-order valence-corrected chi connectivity index (χ1v) is 8.20. The van der Waals surface area contributed by atoms with Crippen molar-refractivity contribution in [3.05, 3.63) is 24.3 Å². The fourth-order valence-electron chi connectivity index (χ4n) is 2.10. The van der Waals surface area contributed by atoms with Crippen molar-refractivity contribution < 1.29 is 9.47 Å². The van der Waals surface area contributed by atoms with E-state index in [1.165, 1.54) is 6.42 Å². The Labute approximate surface area is 125 Å². The van der Waals surface area contributed by atoms with Crippen LogP contribution in [0.5, 0.6) is 11.5 Å². The van der Waals surface area contributed by atoms with Crippen LogP contribution in [-0.4, -0.2) is 18.5 Å². The van der Waals surface area contributed by atoms with E-state index in [0.717, 1.165) is 35.8 Å². The molecule has 0 aliphatic heterocycles. The third-order valence-electron chi connectivity index (χ3n) is 2.96. The fraction of sp³-hybridized carbons (Fsp3) is 0.625. The summed E-state index contributed by atoms with van der Waals surface area (Å²) in [6.07, 6.45) is 2.31. The molecular weight excluding hydrogens is 304 g/mol. The largest absolute Gasteiger partial charge is 0.490 e. The van der Waals surface area contributed by atoms with Crippen molar-refractivity contribution in [2.45, 2.75) is 33.6 Å². The quantitative estimate of drug-likeness (QED) is 0.599. The Balaban J connectivity index is 2.43. The molecule has 0 bridgehead atoms. The molecule has 108 valence electrons. The number of alkyl halides is 1. The van der Waals surface area contributed by atoms with E-state index in [-0.39, 0.29) is 0 Å². The van der Waals surface area contributed by atoms with Crippen LogP contribution in [0.15, 0.2) is 24.3 Å². The highest BCUT2D eigenvalue weighted by Crippen LogP contribution is 2.27. The zero-order valence-corrected chi connectivity index (χ0v) is 13.8. The second kappa shape index (κ2) is 9.24. The van der Waals surface area contributed by atoms with Crippen LogP contribution < -0.4 is 9.47 Å². The minimum atomic E-state index is 0.664. The molecule has 3 heteroatoms. The van der Waals surface area contributed by atoms with E-state index >= 15 is 0 Å². The van der Waals surface area contributed by atoms with Crippen molar-refractivity contribution in [2.24, 2.45) is 11.8 Å². The molecule has 19 heavy (non-hydrogen) atoms. The number of halogens is 1. The third kappa shape index (κ3) is 6.33. The van der Waals surface area contributed by atoms with Gasteiger partial charge in [0.05, 0.1) is 13.2 Å². The molecule has 0 aliphatic carbocycles. The maximum Gasteiger partial charge on any atom is 0.161 e. The Kier molecular flexibility index (Phi) is 7.96. The molecule has 0 aromatic heterocycles. The molecule has 1 unspecified atom stereocenters. The Hall–Kier alpha value is -0.700. The smallest absolute Gasteiger partial charge is 0.161 e. The van der Waals surface area contributed by atoms with Crippen LogP contribution in [0, 0.1) is 11.8 Å². The van der Waals surface area contributed by atoms with E-state index in [0.29, 0.717) is 12.5 Å². The van der Waals surface area contributed by atoms with E-state index in [4.69, 9.17) is 9.47 Å². The van der Waals surface area contributed by atoms with Crippen molar-refractivity contribution in [1.29, 1.82) is 0 Å². The Morgan fingerprint density at radius 1 is 1.11 bits per heavy atom. The van der Waals surface area contributed by atoms with Gasteiger partial charge >= 0.3 is 0 Å². The van der Waals surface area contributed by atoms with Gasteiger partial charge in [0.25, 0.3) is 0 Å². The maximum atomic E-state index is 5.86. The normalized spacial score (nSPS) is 12.5. The van der Waals surface area contributed by atoms with Gasteiger partial charge in [-0.2, -0.15) is 0 Å². The van der Waals surface area contributed by atoms with Crippen molar-refractivity contribution in [3.63, 3.8) is 0 Å². The summed E-state index contributed by atoms with van der Waals surface area (Å²) in [4.78, 5) is 0. The topological polar surface area (TPSA) is 18.5 Å². The first-order valence-electron chi connectivity index (χ1n) is 7.08.